The van der Waals surface area contributed by atoms with Crippen molar-refractivity contribution in [1.29, 1.82) is 0 Å². The van der Waals surface area contributed by atoms with Gasteiger partial charge in [-0.05, 0) is 54.4 Å². The molecular weight excluding hydrogens is 374 g/mol. The number of pyridine rings is 1. The fourth-order valence-corrected chi connectivity index (χ4v) is 4.16. The largest absolute Gasteiger partial charge is 0.497 e. The van der Waals surface area contributed by atoms with Gasteiger partial charge in [-0.25, -0.2) is 13.4 Å². The predicted octanol–water partition coefficient (Wildman–Crippen LogP) is 3.15. The van der Waals surface area contributed by atoms with Crippen LogP contribution in [-0.2, 0) is 16.4 Å². The Balaban J connectivity index is 1.68. The minimum absolute atomic E-state index is 0.151. The van der Waals surface area contributed by atoms with Crippen molar-refractivity contribution in [2.75, 3.05) is 18.7 Å². The highest BCUT2D eigenvalue weighted by Crippen LogP contribution is 2.30. The lowest BCUT2D eigenvalue weighted by molar-refractivity contribution is 0.415. The molecule has 0 radical (unpaired) electrons. The Morgan fingerprint density at radius 3 is 2.65 bits per heavy atom. The first-order chi connectivity index (χ1) is 12.5. The number of fused-ring (bicyclic) bond motifs is 2. The van der Waals surface area contributed by atoms with Gasteiger partial charge in [0.15, 0.2) is 0 Å². The van der Waals surface area contributed by atoms with Crippen molar-refractivity contribution in [1.82, 2.24) is 9.82 Å². The molecule has 0 saturated carbocycles. The molecule has 0 fully saturated rings. The first kappa shape index (κ1) is 17.1. The molecule has 1 aromatic heterocycles. The van der Waals surface area contributed by atoms with Crippen LogP contribution in [0, 0.1) is 0 Å². The molecular formula is C18H16ClN3O3S. The van der Waals surface area contributed by atoms with E-state index in [0.717, 1.165) is 16.5 Å². The number of rotatable bonds is 4. The van der Waals surface area contributed by atoms with E-state index in [-0.39, 0.29) is 4.90 Å². The lowest BCUT2D eigenvalue weighted by Gasteiger charge is -2.19. The van der Waals surface area contributed by atoms with Crippen LogP contribution in [0.1, 0.15) is 5.56 Å². The summed E-state index contributed by atoms with van der Waals surface area (Å²) in [6, 6.07) is 13.7. The number of hydrazine groups is 1. The minimum Gasteiger partial charge on any atom is -0.497 e. The van der Waals surface area contributed by atoms with Crippen molar-refractivity contribution in [2.24, 2.45) is 0 Å². The Labute approximate surface area is 156 Å². The molecule has 0 unspecified atom stereocenters. The molecule has 0 spiro atoms. The number of anilines is 1. The average Bonchev–Trinajstić information content (AvgIpc) is 3.01. The van der Waals surface area contributed by atoms with Gasteiger partial charge < -0.3 is 4.74 Å². The number of nitrogens with one attached hydrogen (secondary N) is 1. The number of benzene rings is 2. The first-order valence-corrected chi connectivity index (χ1v) is 9.86. The summed E-state index contributed by atoms with van der Waals surface area (Å²) in [4.78, 5) is 7.40. The van der Waals surface area contributed by atoms with Gasteiger partial charge in [0.1, 0.15) is 11.6 Å². The lowest BCUT2D eigenvalue weighted by Crippen LogP contribution is -2.41. The zero-order valence-electron chi connectivity index (χ0n) is 13.9. The van der Waals surface area contributed by atoms with E-state index in [1.165, 1.54) is 12.1 Å². The second-order valence-electron chi connectivity index (χ2n) is 5.98. The van der Waals surface area contributed by atoms with Crippen LogP contribution in [0.2, 0.25) is 5.02 Å². The Kier molecular flexibility index (Phi) is 4.22. The van der Waals surface area contributed by atoms with Crippen molar-refractivity contribution in [3.05, 3.63) is 59.1 Å². The van der Waals surface area contributed by atoms with Crippen LogP contribution in [-0.4, -0.2) is 27.1 Å². The maximum Gasteiger partial charge on any atom is 0.257 e. The third-order valence-electron chi connectivity index (χ3n) is 4.30. The van der Waals surface area contributed by atoms with E-state index < -0.39 is 10.0 Å². The van der Waals surface area contributed by atoms with Crippen LogP contribution in [0.25, 0.3) is 10.9 Å². The molecule has 0 saturated heterocycles. The van der Waals surface area contributed by atoms with E-state index in [1.54, 1.807) is 24.3 Å². The zero-order valence-corrected chi connectivity index (χ0v) is 15.5. The second-order valence-corrected chi connectivity index (χ2v) is 8.08. The maximum absolute atomic E-state index is 12.6. The molecule has 4 rings (SSSR count). The van der Waals surface area contributed by atoms with Gasteiger partial charge >= 0.3 is 0 Å². The molecule has 0 amide bonds. The number of methoxy groups -OCH3 is 1. The molecule has 2 aromatic carbocycles. The Morgan fingerprint density at radius 2 is 1.92 bits per heavy atom. The number of hydrogen-bond donors (Lipinski definition) is 1. The average molecular weight is 390 g/mol. The summed E-state index contributed by atoms with van der Waals surface area (Å²) in [5.41, 5.74) is 1.75. The van der Waals surface area contributed by atoms with E-state index in [1.807, 2.05) is 24.3 Å². The van der Waals surface area contributed by atoms with Crippen LogP contribution in [0.15, 0.2) is 53.4 Å². The monoisotopic (exact) mass is 389 g/mol. The van der Waals surface area contributed by atoms with Crippen molar-refractivity contribution in [3.8, 4) is 5.75 Å². The van der Waals surface area contributed by atoms with Crippen molar-refractivity contribution >= 4 is 38.3 Å². The predicted molar refractivity (Wildman–Crippen MR) is 101 cm³/mol. The Bertz CT molecular complexity index is 1080. The van der Waals surface area contributed by atoms with Gasteiger partial charge in [-0.1, -0.05) is 11.6 Å². The van der Waals surface area contributed by atoms with Gasteiger partial charge in [0, 0.05) is 23.0 Å². The summed E-state index contributed by atoms with van der Waals surface area (Å²) in [6.45, 7) is 0.516. The molecule has 2 heterocycles. The van der Waals surface area contributed by atoms with Crippen molar-refractivity contribution < 1.29 is 13.2 Å². The SMILES string of the molecule is COc1ccc2cc3c(nc2c1)N(NS(=O)(=O)c1ccc(Cl)cc1)CC3. The fourth-order valence-electron chi connectivity index (χ4n) is 2.96. The summed E-state index contributed by atoms with van der Waals surface area (Å²) in [5, 5.41) is 3.04. The molecule has 26 heavy (non-hydrogen) atoms. The van der Waals surface area contributed by atoms with Crippen molar-refractivity contribution in [2.45, 2.75) is 11.3 Å². The molecule has 6 nitrogen and oxygen atoms in total. The number of halogens is 1. The Morgan fingerprint density at radius 1 is 1.15 bits per heavy atom. The fraction of sp³-hybridized carbons (Fsp3) is 0.167. The van der Waals surface area contributed by atoms with Crippen LogP contribution in [0.3, 0.4) is 0 Å². The number of aromatic nitrogens is 1. The molecule has 0 atom stereocenters. The molecule has 0 bridgehead atoms. The summed E-state index contributed by atoms with van der Waals surface area (Å²) in [5.74, 6) is 1.32. The number of nitrogens with zero attached hydrogens (tertiary/aromatic N) is 2. The van der Waals surface area contributed by atoms with Gasteiger partial charge in [0.05, 0.1) is 17.5 Å². The van der Waals surface area contributed by atoms with E-state index in [9.17, 15) is 8.42 Å². The van der Waals surface area contributed by atoms with Gasteiger partial charge in [0.2, 0.25) is 0 Å². The highest BCUT2D eigenvalue weighted by atomic mass is 35.5. The van der Waals surface area contributed by atoms with E-state index in [2.05, 4.69) is 9.82 Å². The van der Waals surface area contributed by atoms with E-state index in [4.69, 9.17) is 16.3 Å². The third kappa shape index (κ3) is 3.09. The van der Waals surface area contributed by atoms with Crippen LogP contribution in [0.4, 0.5) is 5.82 Å². The minimum atomic E-state index is -3.72. The van der Waals surface area contributed by atoms with Gasteiger partial charge in [-0.2, -0.15) is 0 Å². The maximum atomic E-state index is 12.6. The topological polar surface area (TPSA) is 71.5 Å². The molecule has 134 valence electrons. The zero-order chi connectivity index (χ0) is 18.3. The lowest BCUT2D eigenvalue weighted by atomic mass is 10.1. The summed E-state index contributed by atoms with van der Waals surface area (Å²) >= 11 is 5.83. The van der Waals surface area contributed by atoms with Gasteiger partial charge in [-0.15, -0.1) is 4.83 Å². The number of hydrogen-bond acceptors (Lipinski definition) is 5. The smallest absolute Gasteiger partial charge is 0.257 e. The normalized spacial score (nSPS) is 13.8. The third-order valence-corrected chi connectivity index (χ3v) is 5.90. The molecule has 8 heteroatoms. The summed E-state index contributed by atoms with van der Waals surface area (Å²) in [7, 11) is -2.12. The first-order valence-electron chi connectivity index (χ1n) is 7.99. The molecule has 3 aromatic rings. The van der Waals surface area contributed by atoms with Crippen molar-refractivity contribution in [3.63, 3.8) is 0 Å². The standard InChI is InChI=1S/C18H16ClN3O3S/c1-25-15-5-2-12-10-13-8-9-22(18(13)20-17(12)11-15)21-26(23,24)16-6-3-14(19)4-7-16/h2-7,10-11,21H,8-9H2,1H3. The van der Waals surface area contributed by atoms with E-state index in [0.29, 0.717) is 29.6 Å². The molecule has 0 aliphatic carbocycles. The summed E-state index contributed by atoms with van der Waals surface area (Å²) < 4.78 is 30.5. The van der Waals surface area contributed by atoms with Crippen LogP contribution >= 0.6 is 11.6 Å². The van der Waals surface area contributed by atoms with E-state index >= 15 is 0 Å². The Hall–Kier alpha value is -2.35. The molecule has 1 aliphatic rings. The highest BCUT2D eigenvalue weighted by Gasteiger charge is 2.26. The quantitative estimate of drug-likeness (QED) is 0.742. The van der Waals surface area contributed by atoms with Crippen LogP contribution in [0.5, 0.6) is 5.75 Å². The summed E-state index contributed by atoms with van der Waals surface area (Å²) in [6.07, 6.45) is 0.716. The van der Waals surface area contributed by atoms with Gasteiger partial charge in [-0.3, -0.25) is 5.01 Å². The van der Waals surface area contributed by atoms with Gasteiger partial charge in [0.25, 0.3) is 10.0 Å². The number of ether oxygens (including phenoxy) is 1. The molecule has 1 N–H and O–H groups in total. The van der Waals surface area contributed by atoms with Crippen LogP contribution < -0.4 is 14.6 Å². The highest BCUT2D eigenvalue weighted by molar-refractivity contribution is 7.89. The molecule has 1 aliphatic heterocycles. The second kappa shape index (κ2) is 6.42. The number of sulfonamides is 1.